The van der Waals surface area contributed by atoms with Gasteiger partial charge in [-0.15, -0.1) is 11.3 Å². The van der Waals surface area contributed by atoms with E-state index in [9.17, 15) is 0 Å². The van der Waals surface area contributed by atoms with Crippen molar-refractivity contribution in [3.63, 3.8) is 0 Å². The van der Waals surface area contributed by atoms with E-state index in [0.717, 1.165) is 48.4 Å². The fraction of sp³-hybridized carbons (Fsp3) is 0.467. The number of hydrogen-bond acceptors (Lipinski definition) is 5. The Balaban J connectivity index is 2.06. The number of aryl methyl sites for hydroxylation is 1. The molecule has 2 aromatic rings. The highest BCUT2D eigenvalue weighted by Crippen LogP contribution is 2.22. The molecular weight excluding hydrogens is 268 g/mol. The van der Waals surface area contributed by atoms with Crippen molar-refractivity contribution in [2.24, 2.45) is 0 Å². The van der Waals surface area contributed by atoms with E-state index in [1.54, 1.807) is 11.3 Å². The number of nitrogens with one attached hydrogen (secondary N) is 1. The zero-order chi connectivity index (χ0) is 14.4. The van der Waals surface area contributed by atoms with Gasteiger partial charge >= 0.3 is 0 Å². The lowest BCUT2D eigenvalue weighted by atomic mass is 10.3. The van der Waals surface area contributed by atoms with Crippen molar-refractivity contribution >= 4 is 16.5 Å². The van der Waals surface area contributed by atoms with E-state index in [1.807, 2.05) is 13.0 Å². The number of nitrogens with zero attached hydrogens (tertiary/aromatic N) is 3. The highest BCUT2D eigenvalue weighted by Gasteiger charge is 2.10. The molecule has 108 valence electrons. The van der Waals surface area contributed by atoms with Gasteiger partial charge in [-0.1, -0.05) is 13.0 Å². The molecule has 20 heavy (non-hydrogen) atoms. The molecule has 2 aromatic heterocycles. The molecule has 2 heterocycles. The molecule has 4 nitrogen and oxygen atoms in total. The Bertz CT molecular complexity index is 538. The first-order valence-electron chi connectivity index (χ1n) is 7.05. The van der Waals surface area contributed by atoms with E-state index in [0.29, 0.717) is 0 Å². The van der Waals surface area contributed by atoms with Crippen molar-refractivity contribution in [3.8, 4) is 0 Å². The molecule has 0 radical (unpaired) electrons. The minimum atomic E-state index is 0.812. The fourth-order valence-electron chi connectivity index (χ4n) is 1.97. The second-order valence-electron chi connectivity index (χ2n) is 4.69. The SMILES string of the molecule is CCNCc1csc(N(CC)Cc2cccc(C)n2)n1. The summed E-state index contributed by atoms with van der Waals surface area (Å²) in [5.41, 5.74) is 3.27. The van der Waals surface area contributed by atoms with Crippen LogP contribution in [-0.2, 0) is 13.1 Å². The molecule has 5 heteroatoms. The molecule has 1 N–H and O–H groups in total. The number of aromatic nitrogens is 2. The molecule has 0 aliphatic rings. The van der Waals surface area contributed by atoms with Crippen molar-refractivity contribution in [2.45, 2.75) is 33.9 Å². The Labute approximate surface area is 124 Å². The van der Waals surface area contributed by atoms with E-state index < -0.39 is 0 Å². The molecule has 2 rings (SSSR count). The first-order valence-corrected chi connectivity index (χ1v) is 7.93. The fourth-order valence-corrected chi connectivity index (χ4v) is 2.86. The first kappa shape index (κ1) is 14.9. The lowest BCUT2D eigenvalue weighted by Gasteiger charge is -2.19. The molecular formula is C15H22N4S. The molecule has 0 bridgehead atoms. The number of rotatable bonds is 7. The molecule has 0 spiro atoms. The Hall–Kier alpha value is -1.46. The summed E-state index contributed by atoms with van der Waals surface area (Å²) in [5, 5.41) is 6.51. The van der Waals surface area contributed by atoms with E-state index in [4.69, 9.17) is 4.98 Å². The molecule has 0 fully saturated rings. The maximum atomic E-state index is 4.69. The largest absolute Gasteiger partial charge is 0.342 e. The van der Waals surface area contributed by atoms with Crippen LogP contribution in [0.25, 0.3) is 0 Å². The van der Waals surface area contributed by atoms with Crippen LogP contribution in [0.2, 0.25) is 0 Å². The van der Waals surface area contributed by atoms with Gasteiger partial charge < -0.3 is 10.2 Å². The standard InChI is InChI=1S/C15H22N4S/c1-4-16-9-14-11-20-15(18-14)19(5-2)10-13-8-6-7-12(3)17-13/h6-8,11,16H,4-5,9-10H2,1-3H3. The van der Waals surface area contributed by atoms with Gasteiger partial charge in [0, 0.05) is 24.2 Å². The van der Waals surface area contributed by atoms with Gasteiger partial charge in [0.05, 0.1) is 17.9 Å². The smallest absolute Gasteiger partial charge is 0.185 e. The molecule has 0 unspecified atom stereocenters. The van der Waals surface area contributed by atoms with Crippen LogP contribution in [-0.4, -0.2) is 23.1 Å². The van der Waals surface area contributed by atoms with Crippen LogP contribution in [0.3, 0.4) is 0 Å². The number of anilines is 1. The Morgan fingerprint density at radius 3 is 2.75 bits per heavy atom. The normalized spacial score (nSPS) is 10.8. The Morgan fingerprint density at radius 2 is 2.05 bits per heavy atom. The summed E-state index contributed by atoms with van der Waals surface area (Å²) in [6.07, 6.45) is 0. The van der Waals surface area contributed by atoms with Crippen molar-refractivity contribution in [3.05, 3.63) is 40.7 Å². The van der Waals surface area contributed by atoms with Gasteiger partial charge in [-0.05, 0) is 32.5 Å². The predicted octanol–water partition coefficient (Wildman–Crippen LogP) is 2.98. The molecule has 0 aliphatic carbocycles. The van der Waals surface area contributed by atoms with Crippen molar-refractivity contribution < 1.29 is 0 Å². The minimum absolute atomic E-state index is 0.812. The molecule has 0 saturated heterocycles. The zero-order valence-electron chi connectivity index (χ0n) is 12.4. The van der Waals surface area contributed by atoms with Gasteiger partial charge in [-0.2, -0.15) is 0 Å². The summed E-state index contributed by atoms with van der Waals surface area (Å²) in [4.78, 5) is 11.5. The highest BCUT2D eigenvalue weighted by molar-refractivity contribution is 7.13. The van der Waals surface area contributed by atoms with Crippen molar-refractivity contribution in [2.75, 3.05) is 18.0 Å². The zero-order valence-corrected chi connectivity index (χ0v) is 13.2. The lowest BCUT2D eigenvalue weighted by molar-refractivity contribution is 0.711. The highest BCUT2D eigenvalue weighted by atomic mass is 32.1. The lowest BCUT2D eigenvalue weighted by Crippen LogP contribution is -2.22. The van der Waals surface area contributed by atoms with E-state index in [-0.39, 0.29) is 0 Å². The third-order valence-electron chi connectivity index (χ3n) is 3.05. The third kappa shape index (κ3) is 4.02. The number of hydrogen-bond donors (Lipinski definition) is 1. The monoisotopic (exact) mass is 290 g/mol. The molecule has 0 saturated carbocycles. The van der Waals surface area contributed by atoms with Crippen LogP contribution >= 0.6 is 11.3 Å². The summed E-state index contributed by atoms with van der Waals surface area (Å²) in [5.74, 6) is 0. The van der Waals surface area contributed by atoms with Gasteiger partial charge in [0.15, 0.2) is 5.13 Å². The minimum Gasteiger partial charge on any atom is -0.342 e. The summed E-state index contributed by atoms with van der Waals surface area (Å²) in [7, 11) is 0. The van der Waals surface area contributed by atoms with Crippen LogP contribution in [0, 0.1) is 6.92 Å². The number of thiazole rings is 1. The van der Waals surface area contributed by atoms with Crippen LogP contribution in [0.1, 0.15) is 30.9 Å². The Morgan fingerprint density at radius 1 is 1.20 bits per heavy atom. The quantitative estimate of drug-likeness (QED) is 0.851. The van der Waals surface area contributed by atoms with Gasteiger partial charge in [0.2, 0.25) is 0 Å². The average Bonchev–Trinajstić information content (AvgIpc) is 2.91. The second-order valence-corrected chi connectivity index (χ2v) is 5.52. The summed E-state index contributed by atoms with van der Waals surface area (Å²) in [6.45, 7) is 9.84. The first-order chi connectivity index (χ1) is 9.72. The summed E-state index contributed by atoms with van der Waals surface area (Å²) >= 11 is 1.70. The summed E-state index contributed by atoms with van der Waals surface area (Å²) < 4.78 is 0. The maximum absolute atomic E-state index is 4.69. The average molecular weight is 290 g/mol. The van der Waals surface area contributed by atoms with Gasteiger partial charge in [0.25, 0.3) is 0 Å². The van der Waals surface area contributed by atoms with Gasteiger partial charge in [0.1, 0.15) is 0 Å². The molecule has 0 amide bonds. The van der Waals surface area contributed by atoms with E-state index >= 15 is 0 Å². The van der Waals surface area contributed by atoms with Crippen LogP contribution in [0.15, 0.2) is 23.6 Å². The van der Waals surface area contributed by atoms with Crippen LogP contribution in [0.5, 0.6) is 0 Å². The van der Waals surface area contributed by atoms with Gasteiger partial charge in [-0.25, -0.2) is 4.98 Å². The van der Waals surface area contributed by atoms with Crippen molar-refractivity contribution in [1.29, 1.82) is 0 Å². The molecule has 0 atom stereocenters. The second kappa shape index (κ2) is 7.36. The molecule has 0 aromatic carbocycles. The Kier molecular flexibility index (Phi) is 5.49. The third-order valence-corrected chi connectivity index (χ3v) is 4.00. The topological polar surface area (TPSA) is 41.0 Å². The van der Waals surface area contributed by atoms with E-state index in [1.165, 1.54) is 0 Å². The number of pyridine rings is 1. The van der Waals surface area contributed by atoms with Gasteiger partial charge in [-0.3, -0.25) is 4.98 Å². The van der Waals surface area contributed by atoms with E-state index in [2.05, 4.69) is 46.6 Å². The maximum Gasteiger partial charge on any atom is 0.185 e. The van der Waals surface area contributed by atoms with Crippen molar-refractivity contribution in [1.82, 2.24) is 15.3 Å². The van der Waals surface area contributed by atoms with Crippen LogP contribution < -0.4 is 10.2 Å². The molecule has 0 aliphatic heterocycles. The van der Waals surface area contributed by atoms with Crippen LogP contribution in [0.4, 0.5) is 5.13 Å². The summed E-state index contributed by atoms with van der Waals surface area (Å²) in [6, 6.07) is 6.16. The predicted molar refractivity (Wildman–Crippen MR) is 85.2 cm³/mol.